The molecule has 0 unspecified atom stereocenters. The SMILES string of the molecule is COc1ccc(S(=O)(=O)Nc2ncccc2O)cc1. The van der Waals surface area contributed by atoms with Crippen LogP contribution in [0.25, 0.3) is 0 Å². The summed E-state index contributed by atoms with van der Waals surface area (Å²) in [5, 5.41) is 9.49. The highest BCUT2D eigenvalue weighted by molar-refractivity contribution is 7.92. The molecular weight excluding hydrogens is 268 g/mol. The van der Waals surface area contributed by atoms with Gasteiger partial charge in [-0.2, -0.15) is 0 Å². The molecule has 1 aromatic carbocycles. The van der Waals surface area contributed by atoms with Gasteiger partial charge in [0.15, 0.2) is 11.6 Å². The summed E-state index contributed by atoms with van der Waals surface area (Å²) in [6, 6.07) is 8.72. The summed E-state index contributed by atoms with van der Waals surface area (Å²) < 4.78 is 31.3. The first-order chi connectivity index (χ1) is 9.03. The first-order valence-electron chi connectivity index (χ1n) is 5.34. The van der Waals surface area contributed by atoms with Gasteiger partial charge in [-0.15, -0.1) is 0 Å². The van der Waals surface area contributed by atoms with Crippen LogP contribution in [0.15, 0.2) is 47.5 Å². The van der Waals surface area contributed by atoms with E-state index in [1.54, 1.807) is 0 Å². The van der Waals surface area contributed by atoms with Crippen LogP contribution in [0.4, 0.5) is 5.82 Å². The molecule has 2 aromatic rings. The maximum atomic E-state index is 12.1. The monoisotopic (exact) mass is 280 g/mol. The number of sulfonamides is 1. The van der Waals surface area contributed by atoms with Gasteiger partial charge in [0.25, 0.3) is 10.0 Å². The zero-order valence-corrected chi connectivity index (χ0v) is 10.9. The van der Waals surface area contributed by atoms with E-state index in [1.807, 2.05) is 0 Å². The Labute approximate surface area is 110 Å². The molecule has 0 radical (unpaired) electrons. The highest BCUT2D eigenvalue weighted by Gasteiger charge is 2.16. The van der Waals surface area contributed by atoms with E-state index in [4.69, 9.17) is 4.74 Å². The van der Waals surface area contributed by atoms with Crippen LogP contribution in [0, 0.1) is 0 Å². The molecule has 1 aromatic heterocycles. The molecule has 0 aliphatic heterocycles. The molecule has 0 aliphatic carbocycles. The summed E-state index contributed by atoms with van der Waals surface area (Å²) in [6.45, 7) is 0. The first kappa shape index (κ1) is 13.2. The largest absolute Gasteiger partial charge is 0.504 e. The highest BCUT2D eigenvalue weighted by Crippen LogP contribution is 2.23. The Balaban J connectivity index is 2.30. The molecule has 0 spiro atoms. The van der Waals surface area contributed by atoms with Gasteiger partial charge in [0.2, 0.25) is 0 Å². The summed E-state index contributed by atoms with van der Waals surface area (Å²) in [5.74, 6) is 0.206. The zero-order chi connectivity index (χ0) is 13.9. The Morgan fingerprint density at radius 1 is 1.21 bits per heavy atom. The van der Waals surface area contributed by atoms with Crippen LogP contribution in [-0.4, -0.2) is 25.6 Å². The Morgan fingerprint density at radius 2 is 1.89 bits per heavy atom. The molecule has 0 aliphatic rings. The van der Waals surface area contributed by atoms with Crippen LogP contribution in [0.1, 0.15) is 0 Å². The zero-order valence-electron chi connectivity index (χ0n) is 10.1. The van der Waals surface area contributed by atoms with E-state index in [1.165, 1.54) is 49.7 Å². The van der Waals surface area contributed by atoms with Crippen molar-refractivity contribution in [3.8, 4) is 11.5 Å². The van der Waals surface area contributed by atoms with Crippen molar-refractivity contribution < 1.29 is 18.3 Å². The van der Waals surface area contributed by atoms with E-state index in [-0.39, 0.29) is 16.5 Å². The van der Waals surface area contributed by atoms with Gasteiger partial charge in [-0.3, -0.25) is 4.72 Å². The van der Waals surface area contributed by atoms with Crippen LogP contribution in [0.5, 0.6) is 11.5 Å². The standard InChI is InChI=1S/C12H12N2O4S/c1-18-9-4-6-10(7-5-9)19(16,17)14-12-11(15)3-2-8-13-12/h2-8,15H,1H3,(H,13,14). The Kier molecular flexibility index (Phi) is 3.57. The number of benzene rings is 1. The second-order valence-electron chi connectivity index (χ2n) is 3.65. The third-order valence-electron chi connectivity index (χ3n) is 2.39. The normalized spacial score (nSPS) is 11.0. The number of aromatic nitrogens is 1. The third-order valence-corrected chi connectivity index (χ3v) is 3.74. The number of rotatable bonds is 4. The predicted molar refractivity (Wildman–Crippen MR) is 69.7 cm³/mol. The fourth-order valence-corrected chi connectivity index (χ4v) is 2.44. The summed E-state index contributed by atoms with van der Waals surface area (Å²) in [5.41, 5.74) is 0. The second kappa shape index (κ2) is 5.15. The molecule has 0 atom stereocenters. The fourth-order valence-electron chi connectivity index (χ4n) is 1.42. The Bertz CT molecular complexity index is 668. The molecule has 1 heterocycles. The minimum absolute atomic E-state index is 0.0540. The minimum Gasteiger partial charge on any atom is -0.504 e. The second-order valence-corrected chi connectivity index (χ2v) is 5.33. The maximum absolute atomic E-state index is 12.1. The van der Waals surface area contributed by atoms with Gasteiger partial charge in [-0.25, -0.2) is 13.4 Å². The van der Waals surface area contributed by atoms with Gasteiger partial charge in [0.05, 0.1) is 12.0 Å². The average molecular weight is 280 g/mol. The fraction of sp³-hybridized carbons (Fsp3) is 0.0833. The van der Waals surface area contributed by atoms with E-state index >= 15 is 0 Å². The molecule has 6 nitrogen and oxygen atoms in total. The molecule has 2 rings (SSSR count). The highest BCUT2D eigenvalue weighted by atomic mass is 32.2. The van der Waals surface area contributed by atoms with Crippen molar-refractivity contribution in [2.45, 2.75) is 4.90 Å². The van der Waals surface area contributed by atoms with E-state index in [9.17, 15) is 13.5 Å². The molecule has 7 heteroatoms. The summed E-state index contributed by atoms with van der Waals surface area (Å²) in [7, 11) is -2.30. The lowest BCUT2D eigenvalue weighted by Crippen LogP contribution is -2.13. The lowest BCUT2D eigenvalue weighted by Gasteiger charge is -2.08. The van der Waals surface area contributed by atoms with Crippen molar-refractivity contribution in [1.29, 1.82) is 0 Å². The maximum Gasteiger partial charge on any atom is 0.263 e. The molecule has 100 valence electrons. The van der Waals surface area contributed by atoms with Gasteiger partial charge in [-0.05, 0) is 36.4 Å². The number of hydrogen-bond donors (Lipinski definition) is 2. The summed E-state index contributed by atoms with van der Waals surface area (Å²) in [4.78, 5) is 3.81. The Morgan fingerprint density at radius 3 is 2.47 bits per heavy atom. The van der Waals surface area contributed by atoms with Crippen molar-refractivity contribution in [3.63, 3.8) is 0 Å². The number of aromatic hydroxyl groups is 1. The summed E-state index contributed by atoms with van der Waals surface area (Å²) in [6.07, 6.45) is 1.38. The summed E-state index contributed by atoms with van der Waals surface area (Å²) >= 11 is 0. The van der Waals surface area contributed by atoms with Gasteiger partial charge >= 0.3 is 0 Å². The number of pyridine rings is 1. The number of anilines is 1. The van der Waals surface area contributed by atoms with Gasteiger partial charge < -0.3 is 9.84 Å². The van der Waals surface area contributed by atoms with Crippen LogP contribution < -0.4 is 9.46 Å². The molecule has 19 heavy (non-hydrogen) atoms. The molecule has 0 saturated heterocycles. The first-order valence-corrected chi connectivity index (χ1v) is 6.82. The lowest BCUT2D eigenvalue weighted by molar-refractivity contribution is 0.414. The molecule has 0 bridgehead atoms. The number of nitrogens with zero attached hydrogens (tertiary/aromatic N) is 1. The van der Waals surface area contributed by atoms with E-state index in [0.29, 0.717) is 5.75 Å². The third kappa shape index (κ3) is 2.94. The average Bonchev–Trinajstić information content (AvgIpc) is 2.41. The number of ether oxygens (including phenoxy) is 1. The van der Waals surface area contributed by atoms with E-state index in [0.717, 1.165) is 0 Å². The van der Waals surface area contributed by atoms with Crippen LogP contribution >= 0.6 is 0 Å². The molecule has 0 amide bonds. The molecule has 0 fully saturated rings. The minimum atomic E-state index is -3.79. The van der Waals surface area contributed by atoms with E-state index in [2.05, 4.69) is 9.71 Å². The van der Waals surface area contributed by atoms with Crippen molar-refractivity contribution in [1.82, 2.24) is 4.98 Å². The smallest absolute Gasteiger partial charge is 0.263 e. The van der Waals surface area contributed by atoms with Crippen LogP contribution in [-0.2, 0) is 10.0 Å². The van der Waals surface area contributed by atoms with Crippen molar-refractivity contribution >= 4 is 15.8 Å². The molecular formula is C12H12N2O4S. The van der Waals surface area contributed by atoms with E-state index < -0.39 is 10.0 Å². The quantitative estimate of drug-likeness (QED) is 0.888. The number of hydrogen-bond acceptors (Lipinski definition) is 5. The van der Waals surface area contributed by atoms with Crippen LogP contribution in [0.2, 0.25) is 0 Å². The van der Waals surface area contributed by atoms with Crippen molar-refractivity contribution in [2.75, 3.05) is 11.8 Å². The topological polar surface area (TPSA) is 88.5 Å². The van der Waals surface area contributed by atoms with Gasteiger partial charge in [0, 0.05) is 6.20 Å². The van der Waals surface area contributed by atoms with Gasteiger partial charge in [-0.1, -0.05) is 0 Å². The Hall–Kier alpha value is -2.28. The van der Waals surface area contributed by atoms with Crippen molar-refractivity contribution in [3.05, 3.63) is 42.6 Å². The van der Waals surface area contributed by atoms with Gasteiger partial charge in [0.1, 0.15) is 5.75 Å². The molecule has 2 N–H and O–H groups in total. The van der Waals surface area contributed by atoms with Crippen molar-refractivity contribution in [2.24, 2.45) is 0 Å². The lowest BCUT2D eigenvalue weighted by atomic mass is 10.3. The molecule has 0 saturated carbocycles. The number of nitrogens with one attached hydrogen (secondary N) is 1. The van der Waals surface area contributed by atoms with Crippen LogP contribution in [0.3, 0.4) is 0 Å². The number of methoxy groups -OCH3 is 1. The predicted octanol–water partition coefficient (Wildman–Crippen LogP) is 1.60.